The van der Waals surface area contributed by atoms with Crippen molar-refractivity contribution in [1.82, 2.24) is 4.90 Å². The van der Waals surface area contributed by atoms with Crippen LogP contribution in [0.4, 0.5) is 0 Å². The van der Waals surface area contributed by atoms with Crippen LogP contribution in [0.5, 0.6) is 5.75 Å². The summed E-state index contributed by atoms with van der Waals surface area (Å²) in [6.45, 7) is 5.89. The molecular weight excluding hydrogens is 248 g/mol. The second kappa shape index (κ2) is 5.38. The zero-order valence-electron chi connectivity index (χ0n) is 12.8. The molecule has 4 unspecified atom stereocenters. The quantitative estimate of drug-likeness (QED) is 0.901. The Morgan fingerprint density at radius 1 is 1.25 bits per heavy atom. The number of hydrogen-bond acceptors (Lipinski definition) is 3. The fourth-order valence-corrected chi connectivity index (χ4v) is 3.86. The Morgan fingerprint density at radius 3 is 2.80 bits per heavy atom. The minimum absolute atomic E-state index is 0.118. The average Bonchev–Trinajstić information content (AvgIpc) is 2.78. The molecule has 0 aromatic heterocycles. The van der Waals surface area contributed by atoms with Gasteiger partial charge in [0.1, 0.15) is 5.75 Å². The maximum absolute atomic E-state index is 6.56. The van der Waals surface area contributed by atoms with E-state index < -0.39 is 0 Å². The molecule has 110 valence electrons. The van der Waals surface area contributed by atoms with Crippen LogP contribution in [-0.2, 0) is 6.42 Å². The molecular formula is C17H26N2O. The van der Waals surface area contributed by atoms with E-state index in [9.17, 15) is 0 Å². The van der Waals surface area contributed by atoms with Crippen LogP contribution in [0.3, 0.4) is 0 Å². The Morgan fingerprint density at radius 2 is 2.05 bits per heavy atom. The summed E-state index contributed by atoms with van der Waals surface area (Å²) in [5.41, 5.74) is 9.23. The van der Waals surface area contributed by atoms with Crippen molar-refractivity contribution >= 4 is 0 Å². The lowest BCUT2D eigenvalue weighted by atomic mass is 9.92. The molecule has 1 aromatic carbocycles. The zero-order chi connectivity index (χ0) is 14.3. The molecule has 0 bridgehead atoms. The summed E-state index contributed by atoms with van der Waals surface area (Å²) in [6.07, 6.45) is 3.72. The summed E-state index contributed by atoms with van der Waals surface area (Å²) in [7, 11) is 1.72. The monoisotopic (exact) mass is 274 g/mol. The largest absolute Gasteiger partial charge is 0.497 e. The predicted molar refractivity (Wildman–Crippen MR) is 82.0 cm³/mol. The van der Waals surface area contributed by atoms with Crippen LogP contribution in [0.25, 0.3) is 0 Å². The van der Waals surface area contributed by atoms with Gasteiger partial charge in [-0.05, 0) is 55.4 Å². The summed E-state index contributed by atoms with van der Waals surface area (Å²) in [5, 5.41) is 0. The van der Waals surface area contributed by atoms with Gasteiger partial charge in [-0.15, -0.1) is 0 Å². The molecule has 20 heavy (non-hydrogen) atoms. The number of piperidine rings is 1. The highest BCUT2D eigenvalue weighted by Crippen LogP contribution is 2.38. The zero-order valence-corrected chi connectivity index (χ0v) is 12.8. The second-order valence-corrected chi connectivity index (χ2v) is 6.59. The number of ether oxygens (including phenoxy) is 1. The van der Waals surface area contributed by atoms with Crippen molar-refractivity contribution in [1.29, 1.82) is 0 Å². The summed E-state index contributed by atoms with van der Waals surface area (Å²) in [5.74, 6) is 1.71. The van der Waals surface area contributed by atoms with Crippen LogP contribution in [0.1, 0.15) is 43.9 Å². The standard InChI is InChI=1S/C17H26N2O/c1-11-4-5-12(2)19(10-11)16-8-13-6-7-14(20-3)9-15(13)17(16)18/h6-7,9,11-12,16-17H,4-5,8,10,18H2,1-3H3. The molecule has 2 N–H and O–H groups in total. The lowest BCUT2D eigenvalue weighted by Gasteiger charge is -2.42. The summed E-state index contributed by atoms with van der Waals surface area (Å²) >= 11 is 0. The van der Waals surface area contributed by atoms with Crippen LogP contribution in [0.2, 0.25) is 0 Å². The maximum atomic E-state index is 6.56. The maximum Gasteiger partial charge on any atom is 0.119 e. The molecule has 3 rings (SSSR count). The van der Waals surface area contributed by atoms with Gasteiger partial charge in [0, 0.05) is 24.7 Å². The van der Waals surface area contributed by atoms with Crippen LogP contribution in [0, 0.1) is 5.92 Å². The number of rotatable bonds is 2. The molecule has 0 spiro atoms. The number of methoxy groups -OCH3 is 1. The third-order valence-electron chi connectivity index (χ3n) is 5.15. The molecule has 0 saturated carbocycles. The van der Waals surface area contributed by atoms with Gasteiger partial charge in [-0.3, -0.25) is 4.90 Å². The molecule has 0 radical (unpaired) electrons. The molecule has 1 saturated heterocycles. The van der Waals surface area contributed by atoms with E-state index in [4.69, 9.17) is 10.5 Å². The van der Waals surface area contributed by atoms with E-state index in [-0.39, 0.29) is 6.04 Å². The Bertz CT molecular complexity index is 488. The van der Waals surface area contributed by atoms with E-state index in [1.165, 1.54) is 30.5 Å². The van der Waals surface area contributed by atoms with Crippen molar-refractivity contribution < 1.29 is 4.74 Å². The average molecular weight is 274 g/mol. The summed E-state index contributed by atoms with van der Waals surface area (Å²) in [4.78, 5) is 2.64. The molecule has 1 fully saturated rings. The Kier molecular flexibility index (Phi) is 3.74. The third kappa shape index (κ3) is 2.33. The Labute approximate surface area is 122 Å². The summed E-state index contributed by atoms with van der Waals surface area (Å²) in [6, 6.07) is 7.58. The Balaban J connectivity index is 1.83. The lowest BCUT2D eigenvalue weighted by Crippen LogP contribution is -2.50. The van der Waals surface area contributed by atoms with Crippen molar-refractivity contribution in [2.45, 2.75) is 51.2 Å². The fourth-order valence-electron chi connectivity index (χ4n) is 3.86. The normalized spacial score (nSPS) is 34.0. The van der Waals surface area contributed by atoms with E-state index in [0.29, 0.717) is 12.1 Å². The smallest absolute Gasteiger partial charge is 0.119 e. The first-order valence-electron chi connectivity index (χ1n) is 7.78. The molecule has 1 heterocycles. The highest BCUT2D eigenvalue weighted by Gasteiger charge is 2.38. The number of nitrogens with two attached hydrogens (primary N) is 1. The van der Waals surface area contributed by atoms with Gasteiger partial charge >= 0.3 is 0 Å². The molecule has 2 aliphatic rings. The van der Waals surface area contributed by atoms with Gasteiger partial charge in [0.15, 0.2) is 0 Å². The number of benzene rings is 1. The van der Waals surface area contributed by atoms with E-state index in [2.05, 4.69) is 36.9 Å². The minimum atomic E-state index is 0.118. The van der Waals surface area contributed by atoms with Crippen LogP contribution < -0.4 is 10.5 Å². The van der Waals surface area contributed by atoms with Crippen molar-refractivity contribution in [3.05, 3.63) is 29.3 Å². The number of likely N-dealkylation sites (tertiary alicyclic amines) is 1. The first kappa shape index (κ1) is 13.9. The van der Waals surface area contributed by atoms with Gasteiger partial charge in [-0.1, -0.05) is 13.0 Å². The Hall–Kier alpha value is -1.06. The van der Waals surface area contributed by atoms with E-state index >= 15 is 0 Å². The van der Waals surface area contributed by atoms with Crippen molar-refractivity contribution in [3.63, 3.8) is 0 Å². The third-order valence-corrected chi connectivity index (χ3v) is 5.15. The minimum Gasteiger partial charge on any atom is -0.497 e. The van der Waals surface area contributed by atoms with Crippen LogP contribution in [-0.4, -0.2) is 30.6 Å². The van der Waals surface area contributed by atoms with Crippen LogP contribution in [0.15, 0.2) is 18.2 Å². The van der Waals surface area contributed by atoms with Gasteiger partial charge in [-0.25, -0.2) is 0 Å². The molecule has 1 aliphatic carbocycles. The molecule has 4 atom stereocenters. The molecule has 1 aliphatic heterocycles. The van der Waals surface area contributed by atoms with Gasteiger partial charge in [-0.2, -0.15) is 0 Å². The van der Waals surface area contributed by atoms with Gasteiger partial charge in [0.05, 0.1) is 7.11 Å². The highest BCUT2D eigenvalue weighted by molar-refractivity contribution is 5.42. The van der Waals surface area contributed by atoms with E-state index in [1.54, 1.807) is 7.11 Å². The first-order valence-corrected chi connectivity index (χ1v) is 7.78. The van der Waals surface area contributed by atoms with Gasteiger partial charge in [0.25, 0.3) is 0 Å². The second-order valence-electron chi connectivity index (χ2n) is 6.59. The van der Waals surface area contributed by atoms with E-state index in [1.807, 2.05) is 0 Å². The lowest BCUT2D eigenvalue weighted by molar-refractivity contribution is 0.0693. The van der Waals surface area contributed by atoms with E-state index in [0.717, 1.165) is 18.1 Å². The number of fused-ring (bicyclic) bond motifs is 1. The summed E-state index contributed by atoms with van der Waals surface area (Å²) < 4.78 is 5.34. The van der Waals surface area contributed by atoms with Crippen molar-refractivity contribution in [2.24, 2.45) is 11.7 Å². The molecule has 3 heteroatoms. The SMILES string of the molecule is COc1ccc2c(c1)C(N)C(N1CC(C)CCC1C)C2. The predicted octanol–water partition coefficient (Wildman–Crippen LogP) is 2.74. The van der Waals surface area contributed by atoms with Gasteiger partial charge < -0.3 is 10.5 Å². The van der Waals surface area contributed by atoms with Gasteiger partial charge in [0.2, 0.25) is 0 Å². The van der Waals surface area contributed by atoms with Crippen molar-refractivity contribution in [3.8, 4) is 5.75 Å². The fraction of sp³-hybridized carbons (Fsp3) is 0.647. The number of nitrogens with zero attached hydrogens (tertiary/aromatic N) is 1. The molecule has 1 aromatic rings. The first-order chi connectivity index (χ1) is 9.60. The molecule has 3 nitrogen and oxygen atoms in total. The topological polar surface area (TPSA) is 38.5 Å². The van der Waals surface area contributed by atoms with Crippen molar-refractivity contribution in [2.75, 3.05) is 13.7 Å². The molecule has 0 amide bonds. The van der Waals surface area contributed by atoms with Crippen LogP contribution >= 0.6 is 0 Å². The highest BCUT2D eigenvalue weighted by atomic mass is 16.5. The number of hydrogen-bond donors (Lipinski definition) is 1.